The van der Waals surface area contributed by atoms with Crippen LogP contribution in [0.5, 0.6) is 0 Å². The molecule has 0 spiro atoms. The van der Waals surface area contributed by atoms with Crippen LogP contribution in [-0.2, 0) is 16.4 Å². The van der Waals surface area contributed by atoms with Gasteiger partial charge in [-0.2, -0.15) is 13.2 Å². The first-order chi connectivity index (χ1) is 7.86. The summed E-state index contributed by atoms with van der Waals surface area (Å²) in [5.74, 6) is -1.04. The molecule has 1 aromatic rings. The number of rotatable bonds is 2. The summed E-state index contributed by atoms with van der Waals surface area (Å²) in [6, 6.07) is 4.63. The van der Waals surface area contributed by atoms with Crippen molar-refractivity contribution < 1.29 is 23.1 Å². The molecule has 1 aliphatic rings. The minimum absolute atomic E-state index is 0.256. The van der Waals surface area contributed by atoms with E-state index >= 15 is 0 Å². The molecule has 0 radical (unpaired) electrons. The van der Waals surface area contributed by atoms with Crippen molar-refractivity contribution >= 4 is 5.97 Å². The number of aliphatic carboxylic acids is 1. The number of hydrogen-bond acceptors (Lipinski definition) is 1. The summed E-state index contributed by atoms with van der Waals surface area (Å²) < 4.78 is 37.6. The van der Waals surface area contributed by atoms with Gasteiger partial charge in [-0.15, -0.1) is 0 Å². The van der Waals surface area contributed by atoms with Crippen molar-refractivity contribution in [1.29, 1.82) is 0 Å². The SMILES string of the molecule is O=C(O)C1(c2cccc(C(F)(F)F)c2)CCC1. The fourth-order valence-corrected chi connectivity index (χ4v) is 2.15. The Hall–Kier alpha value is -1.52. The minimum Gasteiger partial charge on any atom is -0.481 e. The molecule has 5 heteroatoms. The molecule has 0 amide bonds. The molecule has 1 N–H and O–H groups in total. The van der Waals surface area contributed by atoms with Crippen molar-refractivity contribution in [1.82, 2.24) is 0 Å². The van der Waals surface area contributed by atoms with Crippen molar-refractivity contribution in [3.8, 4) is 0 Å². The van der Waals surface area contributed by atoms with Gasteiger partial charge < -0.3 is 5.11 Å². The van der Waals surface area contributed by atoms with Crippen LogP contribution >= 0.6 is 0 Å². The minimum atomic E-state index is -4.43. The van der Waals surface area contributed by atoms with E-state index in [-0.39, 0.29) is 5.56 Å². The third kappa shape index (κ3) is 1.90. The fraction of sp³-hybridized carbons (Fsp3) is 0.417. The van der Waals surface area contributed by atoms with Gasteiger partial charge >= 0.3 is 12.1 Å². The number of alkyl halides is 3. The topological polar surface area (TPSA) is 37.3 Å². The summed E-state index contributed by atoms with van der Waals surface area (Å²) in [7, 11) is 0. The molecule has 0 aliphatic heterocycles. The molecule has 0 aromatic heterocycles. The molecule has 0 bridgehead atoms. The van der Waals surface area contributed by atoms with Crippen LogP contribution in [-0.4, -0.2) is 11.1 Å². The Bertz CT molecular complexity index is 447. The lowest BCUT2D eigenvalue weighted by Gasteiger charge is -2.38. The molecule has 0 heterocycles. The molecule has 2 nitrogen and oxygen atoms in total. The summed E-state index contributed by atoms with van der Waals surface area (Å²) in [6.07, 6.45) is -2.88. The maximum absolute atomic E-state index is 12.5. The van der Waals surface area contributed by atoms with Gasteiger partial charge in [-0.3, -0.25) is 4.79 Å². The van der Waals surface area contributed by atoms with E-state index in [9.17, 15) is 18.0 Å². The lowest BCUT2D eigenvalue weighted by atomic mass is 9.64. The van der Waals surface area contributed by atoms with Crippen LogP contribution in [0.25, 0.3) is 0 Å². The molecule has 1 fully saturated rings. The number of hydrogen-bond donors (Lipinski definition) is 1. The van der Waals surface area contributed by atoms with E-state index in [1.165, 1.54) is 12.1 Å². The first-order valence-corrected chi connectivity index (χ1v) is 5.27. The Balaban J connectivity index is 2.43. The van der Waals surface area contributed by atoms with Crippen molar-refractivity contribution in [2.75, 3.05) is 0 Å². The van der Waals surface area contributed by atoms with E-state index < -0.39 is 23.1 Å². The second kappa shape index (κ2) is 3.75. The van der Waals surface area contributed by atoms with Gasteiger partial charge in [0.1, 0.15) is 0 Å². The molecule has 1 saturated carbocycles. The molecule has 0 atom stereocenters. The highest BCUT2D eigenvalue weighted by atomic mass is 19.4. The predicted octanol–water partition coefficient (Wildman–Crippen LogP) is 3.21. The van der Waals surface area contributed by atoms with Crippen molar-refractivity contribution in [3.63, 3.8) is 0 Å². The molecule has 1 aliphatic carbocycles. The Labute approximate surface area is 96.1 Å². The largest absolute Gasteiger partial charge is 0.481 e. The standard InChI is InChI=1S/C12H11F3O2/c13-12(14,15)9-4-1-3-8(7-9)11(10(16)17)5-2-6-11/h1,3-4,7H,2,5-6H2,(H,16,17). The molecular weight excluding hydrogens is 233 g/mol. The maximum atomic E-state index is 12.5. The molecule has 1 aromatic carbocycles. The van der Waals surface area contributed by atoms with Crippen LogP contribution in [0, 0.1) is 0 Å². The second-order valence-electron chi connectivity index (χ2n) is 4.32. The van der Waals surface area contributed by atoms with Gasteiger partial charge in [0.05, 0.1) is 11.0 Å². The van der Waals surface area contributed by atoms with Crippen molar-refractivity contribution in [2.45, 2.75) is 30.9 Å². The summed E-state index contributed by atoms with van der Waals surface area (Å²) in [4.78, 5) is 11.2. The van der Waals surface area contributed by atoms with Crippen LogP contribution in [0.3, 0.4) is 0 Å². The summed E-state index contributed by atoms with van der Waals surface area (Å²) in [6.45, 7) is 0. The van der Waals surface area contributed by atoms with Crippen LogP contribution in [0.2, 0.25) is 0 Å². The lowest BCUT2D eigenvalue weighted by Crippen LogP contribution is -2.42. The fourth-order valence-electron chi connectivity index (χ4n) is 2.15. The zero-order valence-electron chi connectivity index (χ0n) is 8.92. The van der Waals surface area contributed by atoms with Gasteiger partial charge in [-0.1, -0.05) is 24.6 Å². The van der Waals surface area contributed by atoms with E-state index in [1.54, 1.807) is 0 Å². The van der Waals surface area contributed by atoms with Gasteiger partial charge in [-0.05, 0) is 24.5 Å². The lowest BCUT2D eigenvalue weighted by molar-refractivity contribution is -0.148. The zero-order chi connectivity index (χ0) is 12.7. The van der Waals surface area contributed by atoms with Crippen LogP contribution in [0.4, 0.5) is 13.2 Å². The Kier molecular flexibility index (Phi) is 2.64. The average molecular weight is 244 g/mol. The molecule has 2 rings (SSSR count). The smallest absolute Gasteiger partial charge is 0.416 e. The first kappa shape index (κ1) is 12.0. The van der Waals surface area contributed by atoms with E-state index in [4.69, 9.17) is 5.11 Å². The van der Waals surface area contributed by atoms with Gasteiger partial charge in [0.25, 0.3) is 0 Å². The van der Waals surface area contributed by atoms with Gasteiger partial charge in [0.2, 0.25) is 0 Å². The number of carbonyl (C=O) groups is 1. The Morgan fingerprint density at radius 3 is 2.35 bits per heavy atom. The van der Waals surface area contributed by atoms with E-state index in [2.05, 4.69) is 0 Å². The Morgan fingerprint density at radius 1 is 1.29 bits per heavy atom. The molecule has 92 valence electrons. The summed E-state index contributed by atoms with van der Waals surface area (Å²) in [5, 5.41) is 9.15. The van der Waals surface area contributed by atoms with Crippen molar-refractivity contribution in [3.05, 3.63) is 35.4 Å². The molecular formula is C12H11F3O2. The number of benzene rings is 1. The summed E-state index contributed by atoms with van der Waals surface area (Å²) >= 11 is 0. The van der Waals surface area contributed by atoms with Crippen LogP contribution < -0.4 is 0 Å². The average Bonchev–Trinajstić information content (AvgIpc) is 2.14. The van der Waals surface area contributed by atoms with Crippen LogP contribution in [0.15, 0.2) is 24.3 Å². The second-order valence-corrected chi connectivity index (χ2v) is 4.32. The van der Waals surface area contributed by atoms with E-state index in [0.29, 0.717) is 12.8 Å². The highest BCUT2D eigenvalue weighted by molar-refractivity contribution is 5.82. The number of halogens is 3. The highest BCUT2D eigenvalue weighted by Crippen LogP contribution is 2.45. The van der Waals surface area contributed by atoms with Crippen LogP contribution in [0.1, 0.15) is 30.4 Å². The number of carboxylic acids is 1. The molecule has 0 saturated heterocycles. The van der Waals surface area contributed by atoms with Crippen molar-refractivity contribution in [2.24, 2.45) is 0 Å². The first-order valence-electron chi connectivity index (χ1n) is 5.27. The van der Waals surface area contributed by atoms with Gasteiger partial charge in [-0.25, -0.2) is 0 Å². The van der Waals surface area contributed by atoms with Gasteiger partial charge in [0, 0.05) is 0 Å². The number of carboxylic acid groups (broad SMARTS) is 1. The van der Waals surface area contributed by atoms with Gasteiger partial charge in [0.15, 0.2) is 0 Å². The third-order valence-corrected chi connectivity index (χ3v) is 3.36. The maximum Gasteiger partial charge on any atom is 0.416 e. The predicted molar refractivity (Wildman–Crippen MR) is 54.6 cm³/mol. The van der Waals surface area contributed by atoms with E-state index in [1.807, 2.05) is 0 Å². The molecule has 0 unspecified atom stereocenters. The zero-order valence-corrected chi connectivity index (χ0v) is 8.92. The quantitative estimate of drug-likeness (QED) is 0.867. The monoisotopic (exact) mass is 244 g/mol. The van der Waals surface area contributed by atoms with E-state index in [0.717, 1.165) is 18.6 Å². The Morgan fingerprint density at radius 2 is 1.94 bits per heavy atom. The highest BCUT2D eigenvalue weighted by Gasteiger charge is 2.46. The summed E-state index contributed by atoms with van der Waals surface area (Å²) in [5.41, 5.74) is -1.64. The normalized spacial score (nSPS) is 18.5. The molecule has 17 heavy (non-hydrogen) atoms. The third-order valence-electron chi connectivity index (χ3n) is 3.36.